The lowest BCUT2D eigenvalue weighted by molar-refractivity contribution is 0.101. The van der Waals surface area contributed by atoms with Crippen molar-refractivity contribution < 1.29 is 17.6 Å². The lowest BCUT2D eigenvalue weighted by Gasteiger charge is -2.15. The highest BCUT2D eigenvalue weighted by atomic mass is 32.2. The Kier molecular flexibility index (Phi) is 4.72. The number of rotatable bonds is 2. The molecule has 1 aromatic carbocycles. The van der Waals surface area contributed by atoms with Gasteiger partial charge in [-0.2, -0.15) is 0 Å². The number of halogens is 1. The zero-order valence-electron chi connectivity index (χ0n) is 14.7. The van der Waals surface area contributed by atoms with Crippen LogP contribution in [0, 0.1) is 12.7 Å². The van der Waals surface area contributed by atoms with Crippen molar-refractivity contribution in [3.63, 3.8) is 0 Å². The molecule has 0 bridgehead atoms. The third-order valence-electron chi connectivity index (χ3n) is 4.24. The summed E-state index contributed by atoms with van der Waals surface area (Å²) in [5, 5.41) is 2.70. The fourth-order valence-corrected chi connectivity index (χ4v) is 4.46. The summed E-state index contributed by atoms with van der Waals surface area (Å²) in [6, 6.07) is 4.03. The predicted molar refractivity (Wildman–Crippen MR) is 97.9 cm³/mol. The van der Waals surface area contributed by atoms with Crippen LogP contribution in [0.1, 0.15) is 35.0 Å². The maximum Gasteiger partial charge on any atom is 0.272 e. The number of sulfonamides is 1. The Morgan fingerprint density at radius 2 is 2.12 bits per heavy atom. The number of hydrogen-bond acceptors (Lipinski definition) is 3. The molecule has 8 heteroatoms. The molecule has 2 heterocycles. The molecule has 1 unspecified atom stereocenters. The predicted octanol–water partition coefficient (Wildman–Crippen LogP) is 2.81. The molecule has 0 radical (unpaired) electrons. The van der Waals surface area contributed by atoms with E-state index >= 15 is 0 Å². The van der Waals surface area contributed by atoms with Gasteiger partial charge in [0.2, 0.25) is 10.0 Å². The van der Waals surface area contributed by atoms with Crippen LogP contribution < -0.4 is 10.0 Å². The maximum atomic E-state index is 13.4. The van der Waals surface area contributed by atoms with E-state index in [0.717, 1.165) is 0 Å². The normalized spacial score (nSPS) is 18.7. The van der Waals surface area contributed by atoms with E-state index in [-0.39, 0.29) is 22.4 Å². The third kappa shape index (κ3) is 3.42. The Bertz CT molecular complexity index is 1010. The van der Waals surface area contributed by atoms with Gasteiger partial charge >= 0.3 is 0 Å². The van der Waals surface area contributed by atoms with Gasteiger partial charge in [-0.25, -0.2) is 17.5 Å². The highest BCUT2D eigenvalue weighted by Crippen LogP contribution is 2.27. The highest BCUT2D eigenvalue weighted by molar-refractivity contribution is 7.89. The molecule has 138 valence electrons. The fraction of sp³-hybridized carbons (Fsp3) is 0.278. The van der Waals surface area contributed by atoms with Crippen molar-refractivity contribution >= 4 is 27.7 Å². The van der Waals surface area contributed by atoms with E-state index in [1.165, 1.54) is 29.0 Å². The Morgan fingerprint density at radius 1 is 1.38 bits per heavy atom. The second-order valence-corrected chi connectivity index (χ2v) is 8.13. The van der Waals surface area contributed by atoms with Gasteiger partial charge < -0.3 is 9.88 Å². The summed E-state index contributed by atoms with van der Waals surface area (Å²) < 4.78 is 42.6. The van der Waals surface area contributed by atoms with E-state index in [0.29, 0.717) is 23.2 Å². The molecule has 1 aliphatic heterocycles. The van der Waals surface area contributed by atoms with Crippen LogP contribution in [0.5, 0.6) is 0 Å². The number of amides is 1. The third-order valence-corrected chi connectivity index (χ3v) is 5.85. The summed E-state index contributed by atoms with van der Waals surface area (Å²) in [5.74, 6) is -0.825. The van der Waals surface area contributed by atoms with Crippen molar-refractivity contribution in [2.24, 2.45) is 7.05 Å². The number of anilines is 1. The van der Waals surface area contributed by atoms with E-state index in [4.69, 9.17) is 0 Å². The van der Waals surface area contributed by atoms with Gasteiger partial charge in [-0.05, 0) is 44.0 Å². The summed E-state index contributed by atoms with van der Waals surface area (Å²) >= 11 is 0. The van der Waals surface area contributed by atoms with Crippen LogP contribution in [0.3, 0.4) is 0 Å². The summed E-state index contributed by atoms with van der Waals surface area (Å²) in [6.45, 7) is 3.38. The minimum Gasteiger partial charge on any atom is -0.345 e. The van der Waals surface area contributed by atoms with Gasteiger partial charge in [-0.3, -0.25) is 4.79 Å². The van der Waals surface area contributed by atoms with Gasteiger partial charge in [0.05, 0.1) is 0 Å². The standard InChI is InChI=1S/C18H20FN3O3S/c1-11-9-13(7-8-15(11)19)20-18(23)17-14-6-4-5-12(2)21-26(24,25)16(14)10-22(17)3/h4,6-10,12,21H,5H2,1-3H3,(H,20,23). The Balaban J connectivity index is 2.03. The van der Waals surface area contributed by atoms with Crippen molar-refractivity contribution in [2.75, 3.05) is 5.32 Å². The van der Waals surface area contributed by atoms with Gasteiger partial charge in [0, 0.05) is 30.5 Å². The van der Waals surface area contributed by atoms with Crippen LogP contribution in [0.2, 0.25) is 0 Å². The van der Waals surface area contributed by atoms with Gasteiger partial charge in [0.15, 0.2) is 0 Å². The first-order valence-electron chi connectivity index (χ1n) is 8.14. The SMILES string of the molecule is Cc1cc(NC(=O)c2c3c(cn2C)S(=O)(=O)NC(C)CC=C3)ccc1F. The van der Waals surface area contributed by atoms with Gasteiger partial charge in [0.25, 0.3) is 5.91 Å². The second-order valence-electron chi connectivity index (χ2n) is 6.45. The monoisotopic (exact) mass is 377 g/mol. The average molecular weight is 377 g/mol. The van der Waals surface area contributed by atoms with Crippen molar-refractivity contribution in [2.45, 2.75) is 31.2 Å². The summed E-state index contributed by atoms with van der Waals surface area (Å²) in [5.41, 5.74) is 1.40. The van der Waals surface area contributed by atoms with E-state index in [1.807, 2.05) is 6.08 Å². The van der Waals surface area contributed by atoms with Gasteiger partial charge in [0.1, 0.15) is 16.4 Å². The zero-order chi connectivity index (χ0) is 19.1. The molecule has 26 heavy (non-hydrogen) atoms. The molecule has 1 atom stereocenters. The van der Waals surface area contributed by atoms with Crippen LogP contribution in [-0.2, 0) is 17.1 Å². The lowest BCUT2D eigenvalue weighted by atomic mass is 10.1. The smallest absolute Gasteiger partial charge is 0.272 e. The molecule has 6 nitrogen and oxygen atoms in total. The molecule has 0 fully saturated rings. The molecular formula is C18H20FN3O3S. The van der Waals surface area contributed by atoms with Crippen molar-refractivity contribution in [3.8, 4) is 0 Å². The fourth-order valence-electron chi connectivity index (χ4n) is 2.95. The highest BCUT2D eigenvalue weighted by Gasteiger charge is 2.28. The van der Waals surface area contributed by atoms with E-state index < -0.39 is 15.9 Å². The second kappa shape index (κ2) is 6.69. The molecular weight excluding hydrogens is 357 g/mol. The number of carbonyl (C=O) groups is 1. The minimum absolute atomic E-state index is 0.0586. The lowest BCUT2D eigenvalue weighted by Crippen LogP contribution is -2.33. The molecule has 0 spiro atoms. The number of benzene rings is 1. The maximum absolute atomic E-state index is 13.4. The first kappa shape index (κ1) is 18.3. The van der Waals surface area contributed by atoms with E-state index in [9.17, 15) is 17.6 Å². The first-order chi connectivity index (χ1) is 12.2. The van der Waals surface area contributed by atoms with Crippen molar-refractivity contribution in [1.29, 1.82) is 0 Å². The number of nitrogens with one attached hydrogen (secondary N) is 2. The molecule has 1 amide bonds. The minimum atomic E-state index is -3.72. The van der Waals surface area contributed by atoms with Crippen LogP contribution in [0.15, 0.2) is 35.4 Å². The van der Waals surface area contributed by atoms with Crippen LogP contribution in [0.25, 0.3) is 6.08 Å². The molecule has 0 saturated carbocycles. The molecule has 0 saturated heterocycles. The molecule has 1 aromatic heterocycles. The van der Waals surface area contributed by atoms with Crippen molar-refractivity contribution in [1.82, 2.24) is 9.29 Å². The molecule has 2 aromatic rings. The van der Waals surface area contributed by atoms with Crippen molar-refractivity contribution in [3.05, 3.63) is 53.1 Å². The number of nitrogens with zero attached hydrogens (tertiary/aromatic N) is 1. The van der Waals surface area contributed by atoms with Gasteiger partial charge in [-0.1, -0.05) is 12.2 Å². The first-order valence-corrected chi connectivity index (χ1v) is 9.63. The Morgan fingerprint density at radius 3 is 2.81 bits per heavy atom. The number of aryl methyl sites for hydroxylation is 2. The summed E-state index contributed by atoms with van der Waals surface area (Å²) in [4.78, 5) is 12.8. The summed E-state index contributed by atoms with van der Waals surface area (Å²) in [7, 11) is -2.11. The number of aromatic nitrogens is 1. The molecule has 0 aliphatic carbocycles. The molecule has 1 aliphatic rings. The molecule has 3 rings (SSSR count). The van der Waals surface area contributed by atoms with Gasteiger partial charge in [-0.15, -0.1) is 0 Å². The summed E-state index contributed by atoms with van der Waals surface area (Å²) in [6.07, 6.45) is 5.44. The Hall–Kier alpha value is -2.45. The Labute approximate surface area is 151 Å². The zero-order valence-corrected chi connectivity index (χ0v) is 15.5. The van der Waals surface area contributed by atoms with E-state index in [1.54, 1.807) is 27.0 Å². The van der Waals surface area contributed by atoms with Crippen LogP contribution >= 0.6 is 0 Å². The number of carbonyl (C=O) groups excluding carboxylic acids is 1. The number of hydrogen-bond donors (Lipinski definition) is 2. The largest absolute Gasteiger partial charge is 0.345 e. The molecule has 2 N–H and O–H groups in total. The average Bonchev–Trinajstić information content (AvgIpc) is 2.87. The van der Waals surface area contributed by atoms with Crippen LogP contribution in [-0.4, -0.2) is 24.9 Å². The van der Waals surface area contributed by atoms with E-state index in [2.05, 4.69) is 10.0 Å². The topological polar surface area (TPSA) is 80.2 Å². The van der Waals surface area contributed by atoms with Crippen LogP contribution in [0.4, 0.5) is 10.1 Å². The quantitative estimate of drug-likeness (QED) is 0.845. The number of fused-ring (bicyclic) bond motifs is 1.